The van der Waals surface area contributed by atoms with Crippen LogP contribution >= 0.6 is 15.9 Å². The van der Waals surface area contributed by atoms with Crippen LogP contribution in [-0.2, 0) is 24.3 Å². The van der Waals surface area contributed by atoms with Crippen LogP contribution in [0.1, 0.15) is 24.2 Å². The van der Waals surface area contributed by atoms with Crippen LogP contribution < -0.4 is 5.14 Å². The molecular formula is C12H14BrNO6S. The Morgan fingerprint density at radius 1 is 1.33 bits per heavy atom. The number of carbonyl (C=O) groups is 2. The number of hydrogen-bond acceptors (Lipinski definition) is 6. The second-order valence-electron chi connectivity index (χ2n) is 4.30. The minimum Gasteiger partial charge on any atom is -0.460 e. The van der Waals surface area contributed by atoms with Crippen molar-refractivity contribution in [1.82, 2.24) is 0 Å². The second kappa shape index (κ2) is 7.01. The second-order valence-corrected chi connectivity index (χ2v) is 6.72. The third-order valence-corrected chi connectivity index (χ3v) is 3.78. The van der Waals surface area contributed by atoms with E-state index in [0.29, 0.717) is 4.47 Å². The van der Waals surface area contributed by atoms with Crippen LogP contribution in [0.5, 0.6) is 0 Å². The van der Waals surface area contributed by atoms with Gasteiger partial charge in [0.25, 0.3) is 0 Å². The summed E-state index contributed by atoms with van der Waals surface area (Å²) in [7, 11) is -3.94. The number of ether oxygens (including phenoxy) is 2. The zero-order valence-corrected chi connectivity index (χ0v) is 13.7. The maximum atomic E-state index is 11.8. The van der Waals surface area contributed by atoms with Gasteiger partial charge in [0, 0.05) is 4.47 Å². The predicted molar refractivity (Wildman–Crippen MR) is 77.0 cm³/mol. The summed E-state index contributed by atoms with van der Waals surface area (Å²) in [6, 6.07) is 3.65. The summed E-state index contributed by atoms with van der Waals surface area (Å²) in [6.45, 7) is 2.75. The molecule has 21 heavy (non-hydrogen) atoms. The van der Waals surface area contributed by atoms with E-state index in [1.54, 1.807) is 13.8 Å². The van der Waals surface area contributed by atoms with Crippen molar-refractivity contribution in [2.24, 2.45) is 5.14 Å². The van der Waals surface area contributed by atoms with Crippen LogP contribution in [0.25, 0.3) is 0 Å². The van der Waals surface area contributed by atoms with Crippen LogP contribution in [-0.4, -0.2) is 33.1 Å². The lowest BCUT2D eigenvalue weighted by Gasteiger charge is -2.09. The number of nitrogens with two attached hydrogens (primary N) is 1. The lowest BCUT2D eigenvalue weighted by atomic mass is 10.2. The van der Waals surface area contributed by atoms with Crippen molar-refractivity contribution < 1.29 is 27.5 Å². The van der Waals surface area contributed by atoms with Crippen molar-refractivity contribution in [2.45, 2.75) is 24.8 Å². The minimum atomic E-state index is -3.94. The summed E-state index contributed by atoms with van der Waals surface area (Å²) < 4.78 is 32.4. The number of primary sulfonamides is 1. The van der Waals surface area contributed by atoms with E-state index in [1.165, 1.54) is 12.1 Å². The lowest BCUT2D eigenvalue weighted by Crippen LogP contribution is -2.20. The van der Waals surface area contributed by atoms with Gasteiger partial charge in [-0.15, -0.1) is 0 Å². The van der Waals surface area contributed by atoms with Gasteiger partial charge in [-0.1, -0.05) is 0 Å². The maximum Gasteiger partial charge on any atom is 0.344 e. The Labute approximate surface area is 130 Å². The number of sulfonamides is 1. The molecule has 0 spiro atoms. The van der Waals surface area contributed by atoms with E-state index >= 15 is 0 Å². The number of esters is 2. The third-order valence-electron chi connectivity index (χ3n) is 2.17. The quantitative estimate of drug-likeness (QED) is 0.769. The van der Waals surface area contributed by atoms with Gasteiger partial charge < -0.3 is 9.47 Å². The van der Waals surface area contributed by atoms with E-state index in [1.807, 2.05) is 0 Å². The molecule has 0 fully saturated rings. The number of carbonyl (C=O) groups excluding carboxylic acids is 2. The van der Waals surface area contributed by atoms with Gasteiger partial charge in [0.15, 0.2) is 6.61 Å². The standard InChI is InChI=1S/C12H14BrNO6S/c1-7(2)20-11(15)6-19-12(16)9-5-8(21(14,17)18)3-4-10(9)13/h3-5,7H,6H2,1-2H3,(H2,14,17,18). The molecule has 0 saturated heterocycles. The molecule has 0 heterocycles. The van der Waals surface area contributed by atoms with Gasteiger partial charge >= 0.3 is 11.9 Å². The van der Waals surface area contributed by atoms with Gasteiger partial charge in [0.1, 0.15) is 0 Å². The highest BCUT2D eigenvalue weighted by Crippen LogP contribution is 2.21. The minimum absolute atomic E-state index is 0.0566. The molecule has 0 amide bonds. The van der Waals surface area contributed by atoms with Gasteiger partial charge in [-0.05, 0) is 48.0 Å². The molecule has 0 aliphatic rings. The summed E-state index contributed by atoms with van der Waals surface area (Å²) in [6.07, 6.45) is -0.325. The van der Waals surface area contributed by atoms with Crippen LogP contribution in [0.3, 0.4) is 0 Å². The first-order valence-corrected chi connectivity index (χ1v) is 8.14. The Balaban J connectivity index is 2.85. The third kappa shape index (κ3) is 5.44. The van der Waals surface area contributed by atoms with E-state index in [-0.39, 0.29) is 16.6 Å². The molecule has 1 aromatic carbocycles. The molecule has 0 aromatic heterocycles. The summed E-state index contributed by atoms with van der Waals surface area (Å²) in [5, 5.41) is 4.98. The highest BCUT2D eigenvalue weighted by molar-refractivity contribution is 9.10. The van der Waals surface area contributed by atoms with Gasteiger partial charge in [0.05, 0.1) is 16.6 Å². The lowest BCUT2D eigenvalue weighted by molar-refractivity contribution is -0.150. The fourth-order valence-corrected chi connectivity index (χ4v) is 2.29. The average Bonchev–Trinajstić information content (AvgIpc) is 2.34. The number of rotatable bonds is 5. The van der Waals surface area contributed by atoms with Crippen molar-refractivity contribution in [3.8, 4) is 0 Å². The normalized spacial score (nSPS) is 11.3. The van der Waals surface area contributed by atoms with Gasteiger partial charge in [0.2, 0.25) is 10.0 Å². The fraction of sp³-hybridized carbons (Fsp3) is 0.333. The molecular weight excluding hydrogens is 366 g/mol. The number of benzene rings is 1. The summed E-state index contributed by atoms with van der Waals surface area (Å²) in [5.74, 6) is -1.56. The molecule has 0 saturated carbocycles. The fourth-order valence-electron chi connectivity index (χ4n) is 1.34. The molecule has 7 nitrogen and oxygen atoms in total. The van der Waals surface area contributed by atoms with Crippen molar-refractivity contribution in [2.75, 3.05) is 6.61 Å². The van der Waals surface area contributed by atoms with E-state index in [9.17, 15) is 18.0 Å². The van der Waals surface area contributed by atoms with Crippen LogP contribution in [0.4, 0.5) is 0 Å². The van der Waals surface area contributed by atoms with E-state index < -0.39 is 28.6 Å². The molecule has 9 heteroatoms. The van der Waals surface area contributed by atoms with Crippen molar-refractivity contribution in [3.05, 3.63) is 28.2 Å². The summed E-state index contributed by atoms with van der Waals surface area (Å²) >= 11 is 3.09. The van der Waals surface area contributed by atoms with Crippen LogP contribution in [0.2, 0.25) is 0 Å². The molecule has 0 radical (unpaired) electrons. The molecule has 1 rings (SSSR count). The molecule has 1 aromatic rings. The molecule has 0 aliphatic heterocycles. The summed E-state index contributed by atoms with van der Waals surface area (Å²) in [4.78, 5) is 22.9. The molecule has 0 unspecified atom stereocenters. The van der Waals surface area contributed by atoms with E-state index in [4.69, 9.17) is 14.6 Å². The van der Waals surface area contributed by atoms with Gasteiger partial charge in [-0.3, -0.25) is 0 Å². The Bertz CT molecular complexity index is 656. The topological polar surface area (TPSA) is 113 Å². The smallest absolute Gasteiger partial charge is 0.344 e. The van der Waals surface area contributed by atoms with E-state index in [2.05, 4.69) is 15.9 Å². The van der Waals surface area contributed by atoms with E-state index in [0.717, 1.165) is 6.07 Å². The number of halogens is 1. The summed E-state index contributed by atoms with van der Waals surface area (Å²) in [5.41, 5.74) is -0.0566. The van der Waals surface area contributed by atoms with Gasteiger partial charge in [-0.25, -0.2) is 23.1 Å². The largest absolute Gasteiger partial charge is 0.460 e. The first-order chi connectivity index (χ1) is 9.61. The SMILES string of the molecule is CC(C)OC(=O)COC(=O)c1cc(S(N)(=O)=O)ccc1Br. The zero-order valence-electron chi connectivity index (χ0n) is 11.3. The van der Waals surface area contributed by atoms with Crippen LogP contribution in [0.15, 0.2) is 27.6 Å². The van der Waals surface area contributed by atoms with Gasteiger partial charge in [-0.2, -0.15) is 0 Å². The van der Waals surface area contributed by atoms with Crippen molar-refractivity contribution in [1.29, 1.82) is 0 Å². The Hall–Kier alpha value is -1.45. The molecule has 0 aliphatic carbocycles. The molecule has 0 atom stereocenters. The van der Waals surface area contributed by atoms with Crippen LogP contribution in [0, 0.1) is 0 Å². The van der Waals surface area contributed by atoms with Crippen molar-refractivity contribution >= 4 is 37.9 Å². The average molecular weight is 380 g/mol. The highest BCUT2D eigenvalue weighted by atomic mass is 79.9. The zero-order chi connectivity index (χ0) is 16.2. The molecule has 0 bridgehead atoms. The Morgan fingerprint density at radius 2 is 1.95 bits per heavy atom. The highest BCUT2D eigenvalue weighted by Gasteiger charge is 2.18. The molecule has 116 valence electrons. The maximum absolute atomic E-state index is 11.8. The first-order valence-electron chi connectivity index (χ1n) is 5.80. The number of hydrogen-bond donors (Lipinski definition) is 1. The Kier molecular flexibility index (Phi) is 5.87. The van der Waals surface area contributed by atoms with Crippen molar-refractivity contribution in [3.63, 3.8) is 0 Å². The predicted octanol–water partition coefficient (Wildman–Crippen LogP) is 1.20. The Morgan fingerprint density at radius 3 is 2.48 bits per heavy atom. The monoisotopic (exact) mass is 379 g/mol. The first kappa shape index (κ1) is 17.6. The molecule has 2 N–H and O–H groups in total.